The molecule has 1 heterocycles. The number of hydrogen-bond donors (Lipinski definition) is 1. The summed E-state index contributed by atoms with van der Waals surface area (Å²) in [5.41, 5.74) is 0.331. The molecule has 90 valence electrons. The van der Waals surface area contributed by atoms with Crippen LogP contribution in [0.3, 0.4) is 0 Å². The van der Waals surface area contributed by atoms with Gasteiger partial charge in [-0.1, -0.05) is 18.2 Å². The highest BCUT2D eigenvalue weighted by Crippen LogP contribution is 2.18. The van der Waals surface area contributed by atoms with Gasteiger partial charge in [-0.15, -0.1) is 0 Å². The third kappa shape index (κ3) is 2.02. The Kier molecular flexibility index (Phi) is 2.64. The lowest BCUT2D eigenvalue weighted by Gasteiger charge is -2.01. The van der Waals surface area contributed by atoms with E-state index >= 15 is 0 Å². The Morgan fingerprint density at radius 1 is 0.941 bits per heavy atom. The van der Waals surface area contributed by atoms with Crippen LogP contribution < -0.4 is 0 Å². The van der Waals surface area contributed by atoms with Gasteiger partial charge in [0.2, 0.25) is 0 Å². The molecular weight excluding hydrogens is 266 g/mol. The molecule has 0 saturated heterocycles. The fraction of sp³-hybridized carbons (Fsp3) is 0. The molecule has 0 saturated carbocycles. The molecule has 0 unspecified atom stereocenters. The molecule has 1 N–H and O–H groups in total. The number of rotatable bonds is 2. The minimum atomic E-state index is -5.21. The molecule has 0 atom stereocenters. The van der Waals surface area contributed by atoms with E-state index in [-0.39, 0.29) is 0 Å². The van der Waals surface area contributed by atoms with E-state index in [1.807, 2.05) is 0 Å². The second kappa shape index (κ2) is 3.76. The Morgan fingerprint density at radius 2 is 1.59 bits per heavy atom. The Balaban J connectivity index is 2.75. The number of fused-ring (bicyclic) bond motifs is 1. The molecule has 1 aromatic heterocycles. The van der Waals surface area contributed by atoms with Gasteiger partial charge in [0, 0.05) is 5.39 Å². The molecule has 0 aliphatic carbocycles. The van der Waals surface area contributed by atoms with Crippen molar-refractivity contribution in [3.05, 3.63) is 36.4 Å². The zero-order chi connectivity index (χ0) is 12.7. The molecule has 6 nitrogen and oxygen atoms in total. The predicted octanol–water partition coefficient (Wildman–Crippen LogP) is 0.811. The van der Waals surface area contributed by atoms with Crippen LogP contribution in [0.4, 0.5) is 0 Å². The summed E-state index contributed by atoms with van der Waals surface area (Å²) in [5.74, 6) is 0. The summed E-state index contributed by atoms with van der Waals surface area (Å²) in [6.07, 6.45) is 0. The molecule has 0 fully saturated rings. The number of para-hydroxylation sites is 1. The fourth-order valence-electron chi connectivity index (χ4n) is 1.29. The van der Waals surface area contributed by atoms with Gasteiger partial charge in [-0.25, -0.2) is 13.4 Å². The number of benzene rings is 1. The Morgan fingerprint density at radius 3 is 2.24 bits per heavy atom. The van der Waals surface area contributed by atoms with E-state index in [1.54, 1.807) is 24.3 Å². The van der Waals surface area contributed by atoms with Gasteiger partial charge in [0.1, 0.15) is 0 Å². The summed E-state index contributed by atoms with van der Waals surface area (Å²) in [6, 6.07) is 9.07. The van der Waals surface area contributed by atoms with Crippen molar-refractivity contribution in [1.29, 1.82) is 0 Å². The topological polar surface area (TPSA) is 101 Å². The predicted molar refractivity (Wildman–Crippen MR) is 60.5 cm³/mol. The van der Waals surface area contributed by atoms with Crippen LogP contribution in [0.2, 0.25) is 0 Å². The molecule has 0 bridgehead atoms. The molecule has 0 aliphatic heterocycles. The van der Waals surface area contributed by atoms with Crippen molar-refractivity contribution in [2.45, 2.75) is 5.03 Å². The Labute approximate surface area is 97.0 Å². The number of nitrogens with zero attached hydrogens (tertiary/aromatic N) is 1. The van der Waals surface area contributed by atoms with Gasteiger partial charge in [-0.05, 0) is 18.2 Å². The lowest BCUT2D eigenvalue weighted by atomic mass is 10.2. The first kappa shape index (κ1) is 12.0. The molecule has 1 aromatic carbocycles. The minimum absolute atomic E-state index is 0.331. The quantitative estimate of drug-likeness (QED) is 0.641. The second-order valence-electron chi connectivity index (χ2n) is 3.22. The zero-order valence-electron chi connectivity index (χ0n) is 8.31. The third-order valence-electron chi connectivity index (χ3n) is 2.11. The monoisotopic (exact) mass is 273 g/mol. The highest BCUT2D eigenvalue weighted by molar-refractivity contribution is 8.64. The van der Waals surface area contributed by atoms with Crippen LogP contribution in [0.5, 0.6) is 0 Å². The largest absolute Gasteiger partial charge is 0.378 e. The smallest absolute Gasteiger partial charge is 0.273 e. The van der Waals surface area contributed by atoms with Crippen molar-refractivity contribution in [3.63, 3.8) is 0 Å². The molecular formula is C9H7NO5S2. The lowest BCUT2D eigenvalue weighted by Crippen LogP contribution is -2.15. The maximum Gasteiger partial charge on any atom is 0.378 e. The molecule has 2 aromatic rings. The van der Waals surface area contributed by atoms with Gasteiger partial charge in [-0.3, -0.25) is 4.55 Å². The van der Waals surface area contributed by atoms with Crippen molar-refractivity contribution >= 4 is 28.9 Å². The summed E-state index contributed by atoms with van der Waals surface area (Å²) >= 11 is 0. The van der Waals surface area contributed by atoms with Crippen LogP contribution in [0.1, 0.15) is 0 Å². The average Bonchev–Trinajstić information content (AvgIpc) is 2.27. The van der Waals surface area contributed by atoms with Gasteiger partial charge >= 0.3 is 18.0 Å². The standard InChI is InChI=1S/C9H7NO5S2/c11-16(12,17(13,14)15)9-6-5-7-3-1-2-4-8(7)10-9/h1-6H,(H,13,14,15). The molecule has 17 heavy (non-hydrogen) atoms. The van der Waals surface area contributed by atoms with Crippen molar-refractivity contribution in [2.24, 2.45) is 0 Å². The average molecular weight is 273 g/mol. The summed E-state index contributed by atoms with van der Waals surface area (Å²) in [5, 5.41) is -0.0273. The van der Waals surface area contributed by atoms with Gasteiger partial charge in [-0.2, -0.15) is 8.42 Å². The highest BCUT2D eigenvalue weighted by Gasteiger charge is 2.31. The van der Waals surface area contributed by atoms with Crippen molar-refractivity contribution < 1.29 is 21.4 Å². The van der Waals surface area contributed by atoms with Crippen LogP contribution in [0.15, 0.2) is 41.4 Å². The number of pyridine rings is 1. The minimum Gasteiger partial charge on any atom is -0.273 e. The zero-order valence-corrected chi connectivity index (χ0v) is 9.94. The maximum absolute atomic E-state index is 11.4. The van der Waals surface area contributed by atoms with E-state index < -0.39 is 23.0 Å². The summed E-state index contributed by atoms with van der Waals surface area (Å²) < 4.78 is 52.8. The van der Waals surface area contributed by atoms with E-state index in [2.05, 4.69) is 4.98 Å². The summed E-state index contributed by atoms with van der Waals surface area (Å²) in [6.45, 7) is 0. The van der Waals surface area contributed by atoms with E-state index in [4.69, 9.17) is 4.55 Å². The van der Waals surface area contributed by atoms with Crippen LogP contribution >= 0.6 is 0 Å². The van der Waals surface area contributed by atoms with Crippen molar-refractivity contribution in [1.82, 2.24) is 4.98 Å². The van der Waals surface area contributed by atoms with Gasteiger partial charge in [0.25, 0.3) is 0 Å². The van der Waals surface area contributed by atoms with Crippen LogP contribution in [0.25, 0.3) is 10.9 Å². The van der Waals surface area contributed by atoms with Crippen LogP contribution in [-0.2, 0) is 18.0 Å². The fourth-order valence-corrected chi connectivity index (χ4v) is 2.88. The first-order chi connectivity index (χ1) is 7.82. The van der Waals surface area contributed by atoms with E-state index in [1.165, 1.54) is 6.07 Å². The van der Waals surface area contributed by atoms with Crippen molar-refractivity contribution in [3.8, 4) is 0 Å². The Bertz CT molecular complexity index is 780. The van der Waals surface area contributed by atoms with Gasteiger partial charge in [0.15, 0.2) is 5.03 Å². The molecule has 0 aliphatic rings. The van der Waals surface area contributed by atoms with Crippen LogP contribution in [0, 0.1) is 0 Å². The lowest BCUT2D eigenvalue weighted by molar-refractivity contribution is 0.492. The van der Waals surface area contributed by atoms with E-state index in [9.17, 15) is 16.8 Å². The molecule has 0 radical (unpaired) electrons. The second-order valence-corrected chi connectivity index (χ2v) is 7.99. The summed E-state index contributed by atoms with van der Waals surface area (Å²) in [7, 11) is -10.1. The van der Waals surface area contributed by atoms with Gasteiger partial charge in [0.05, 0.1) is 5.52 Å². The first-order valence-corrected chi connectivity index (χ1v) is 7.85. The number of aromatic nitrogens is 1. The van der Waals surface area contributed by atoms with Crippen molar-refractivity contribution in [2.75, 3.05) is 0 Å². The molecule has 2 rings (SSSR count). The highest BCUT2D eigenvalue weighted by atomic mass is 33.2. The normalized spacial score (nSPS) is 12.8. The molecule has 0 spiro atoms. The molecule has 8 heteroatoms. The third-order valence-corrected chi connectivity index (χ3v) is 5.58. The number of hydrogen-bond acceptors (Lipinski definition) is 5. The Hall–Kier alpha value is -1.51. The van der Waals surface area contributed by atoms with Gasteiger partial charge < -0.3 is 0 Å². The van der Waals surface area contributed by atoms with E-state index in [0.29, 0.717) is 10.9 Å². The SMILES string of the molecule is O=S(=O)(O)S(=O)(=O)c1ccc2ccccc2n1. The first-order valence-electron chi connectivity index (χ1n) is 4.41. The van der Waals surface area contributed by atoms with Crippen LogP contribution in [-0.4, -0.2) is 26.4 Å². The molecule has 0 amide bonds. The van der Waals surface area contributed by atoms with E-state index in [0.717, 1.165) is 6.07 Å². The maximum atomic E-state index is 11.4. The summed E-state index contributed by atoms with van der Waals surface area (Å²) in [4.78, 5) is 3.69.